The Labute approximate surface area is 107 Å². The van der Waals surface area contributed by atoms with E-state index in [0.717, 1.165) is 0 Å². The maximum atomic E-state index is 8.88. The molecular weight excluding hydrogens is 255 g/mol. The molecular formula is C2H5CaO10P. The average molecular weight is 260 g/mol. The zero-order valence-corrected chi connectivity index (χ0v) is 9.53. The van der Waals surface area contributed by atoms with Crippen LogP contribution in [0, 0.1) is 0 Å². The molecule has 0 aliphatic rings. The molecule has 10 nitrogen and oxygen atoms in total. The molecule has 0 amide bonds. The van der Waals surface area contributed by atoms with E-state index < -0.39 is 20.1 Å². The van der Waals surface area contributed by atoms with Gasteiger partial charge in [-0.25, -0.2) is 4.57 Å². The van der Waals surface area contributed by atoms with Gasteiger partial charge in [-0.2, -0.15) is 0 Å². The van der Waals surface area contributed by atoms with Crippen LogP contribution in [-0.4, -0.2) is 74.9 Å². The Bertz CT molecular complexity index is 166. The zero-order valence-electron chi connectivity index (χ0n) is 6.43. The Morgan fingerprint density at radius 1 is 0.929 bits per heavy atom. The molecule has 0 saturated heterocycles. The van der Waals surface area contributed by atoms with E-state index in [1.54, 1.807) is 0 Å². The van der Waals surface area contributed by atoms with Gasteiger partial charge >= 0.3 is 45.6 Å². The second-order valence-electron chi connectivity index (χ2n) is 1.05. The summed E-state index contributed by atoms with van der Waals surface area (Å²) in [6, 6.07) is 0. The molecule has 0 unspecified atom stereocenters. The second kappa shape index (κ2) is 12.9. The summed E-state index contributed by atoms with van der Waals surface area (Å²) in [6.07, 6.45) is -4.17. The first-order valence-corrected chi connectivity index (χ1v) is 3.61. The number of hydrogen-bond donors (Lipinski definition) is 5. The van der Waals surface area contributed by atoms with Crippen molar-refractivity contribution < 1.29 is 49.3 Å². The summed E-state index contributed by atoms with van der Waals surface area (Å²) < 4.78 is 8.88. The van der Waals surface area contributed by atoms with Crippen molar-refractivity contribution in [3.63, 3.8) is 0 Å². The summed E-state index contributed by atoms with van der Waals surface area (Å²) in [7, 11) is -4.64. The van der Waals surface area contributed by atoms with Crippen LogP contribution in [0.5, 0.6) is 0 Å². The van der Waals surface area contributed by atoms with Gasteiger partial charge in [0.05, 0.1) is 0 Å². The van der Waals surface area contributed by atoms with Crippen LogP contribution >= 0.6 is 7.82 Å². The Balaban J connectivity index is -0.0000000522. The number of hydrogen-bond acceptors (Lipinski definition) is 5. The molecule has 0 aromatic heterocycles. The summed E-state index contributed by atoms with van der Waals surface area (Å²) in [6.45, 7) is 0. The van der Waals surface area contributed by atoms with Gasteiger partial charge in [-0.3, -0.25) is 0 Å². The topological polar surface area (TPSA) is 198 Å². The fourth-order valence-corrected chi connectivity index (χ4v) is 0. The third-order valence-corrected chi connectivity index (χ3v) is 0. The number of carbonyl (C=O) groups is 2. The molecule has 0 spiro atoms. The minimum atomic E-state index is -4.64. The number of rotatable bonds is 0. The number of carboxylic acid groups (broad SMARTS) is 4. The fraction of sp³-hybridized carbons (Fsp3) is 0. The van der Waals surface area contributed by atoms with E-state index in [4.69, 9.17) is 49.3 Å². The summed E-state index contributed by atoms with van der Waals surface area (Å²) in [5, 5.41) is 30.6. The predicted octanol–water partition coefficient (Wildman–Crippen LogP) is -3.53. The molecule has 0 aliphatic carbocycles. The van der Waals surface area contributed by atoms with Crippen LogP contribution in [0.1, 0.15) is 0 Å². The molecule has 0 aromatic carbocycles. The summed E-state index contributed by atoms with van der Waals surface area (Å²) in [4.78, 5) is 38.5. The van der Waals surface area contributed by atoms with Gasteiger partial charge in [-0.1, -0.05) is 0 Å². The van der Waals surface area contributed by atoms with Crippen molar-refractivity contribution in [1.82, 2.24) is 0 Å². The summed E-state index contributed by atoms with van der Waals surface area (Å²) >= 11 is 0. The molecule has 14 heavy (non-hydrogen) atoms. The summed E-state index contributed by atoms with van der Waals surface area (Å²) in [5.41, 5.74) is 0. The molecule has 0 radical (unpaired) electrons. The van der Waals surface area contributed by atoms with E-state index in [1.807, 2.05) is 0 Å². The van der Waals surface area contributed by atoms with Crippen molar-refractivity contribution >= 4 is 57.9 Å². The van der Waals surface area contributed by atoms with Crippen LogP contribution < -0.4 is 10.2 Å². The summed E-state index contributed by atoms with van der Waals surface area (Å²) in [5.74, 6) is 0. The molecule has 0 saturated carbocycles. The molecule has 0 heterocycles. The Morgan fingerprint density at radius 2 is 0.929 bits per heavy atom. The number of phosphoric acid groups is 1. The van der Waals surface area contributed by atoms with Gasteiger partial charge in [-0.05, 0) is 0 Å². The van der Waals surface area contributed by atoms with Crippen molar-refractivity contribution in [1.29, 1.82) is 0 Å². The monoisotopic (exact) mass is 260 g/mol. The van der Waals surface area contributed by atoms with Gasteiger partial charge in [0.15, 0.2) is 0 Å². The van der Waals surface area contributed by atoms with E-state index in [2.05, 4.69) is 0 Å². The third kappa shape index (κ3) is 174000. The van der Waals surface area contributed by atoms with Gasteiger partial charge in [0, 0.05) is 0 Å². The first-order valence-electron chi connectivity index (χ1n) is 2.05. The maximum absolute atomic E-state index is 8.88. The van der Waals surface area contributed by atoms with Crippen LogP contribution in [0.15, 0.2) is 0 Å². The molecule has 12 heteroatoms. The van der Waals surface area contributed by atoms with Crippen molar-refractivity contribution in [3.8, 4) is 0 Å². The van der Waals surface area contributed by atoms with Crippen LogP contribution in [0.3, 0.4) is 0 Å². The molecule has 0 aliphatic heterocycles. The van der Waals surface area contributed by atoms with Crippen molar-refractivity contribution in [2.24, 2.45) is 0 Å². The fourth-order valence-electron chi connectivity index (χ4n) is 0. The van der Waals surface area contributed by atoms with E-state index in [1.165, 1.54) is 0 Å². The Kier molecular flexibility index (Phi) is 21.8. The van der Waals surface area contributed by atoms with E-state index in [0.29, 0.717) is 0 Å². The molecule has 0 fully saturated rings. The van der Waals surface area contributed by atoms with E-state index >= 15 is 0 Å². The van der Waals surface area contributed by atoms with Crippen LogP contribution in [0.2, 0.25) is 0 Å². The molecule has 0 atom stereocenters. The zero-order chi connectivity index (χ0) is 11.7. The van der Waals surface area contributed by atoms with Gasteiger partial charge in [0.25, 0.3) is 0 Å². The maximum Gasteiger partial charge on any atom is 2.00 e. The SMILES string of the molecule is O=C([O-])O.O=C([O-])O.O=P(O)(O)O.[Ca+2]. The molecule has 0 rings (SSSR count). The van der Waals surface area contributed by atoms with Gasteiger partial charge in [0.1, 0.15) is 0 Å². The van der Waals surface area contributed by atoms with Crippen molar-refractivity contribution in [2.45, 2.75) is 0 Å². The Hall–Kier alpha value is -0.0903. The quantitative estimate of drug-likeness (QED) is 0.214. The Morgan fingerprint density at radius 3 is 0.929 bits per heavy atom. The first-order chi connectivity index (χ1) is 5.46. The van der Waals surface area contributed by atoms with Crippen LogP contribution in [-0.2, 0) is 4.57 Å². The molecule has 0 aromatic rings. The van der Waals surface area contributed by atoms with E-state index in [-0.39, 0.29) is 37.7 Å². The second-order valence-corrected chi connectivity index (χ2v) is 2.07. The largest absolute Gasteiger partial charge is 2.00 e. The average Bonchev–Trinajstić information content (AvgIpc) is 1.50. The minimum Gasteiger partial charge on any atom is -0.565 e. The molecule has 80 valence electrons. The smallest absolute Gasteiger partial charge is 0.565 e. The van der Waals surface area contributed by atoms with E-state index in [9.17, 15) is 0 Å². The van der Waals surface area contributed by atoms with Crippen molar-refractivity contribution in [3.05, 3.63) is 0 Å². The van der Waals surface area contributed by atoms with Crippen LogP contribution in [0.4, 0.5) is 9.59 Å². The van der Waals surface area contributed by atoms with Crippen LogP contribution in [0.25, 0.3) is 0 Å². The standard InChI is InChI=1S/2CH2O3.Ca.H3O4P/c2*2-1(3)4;;1-5(2,3)4/h2*(H2,2,3,4);;(H3,1,2,3,4)/q;;+2;/p-2. The van der Waals surface area contributed by atoms with Gasteiger partial charge in [-0.15, -0.1) is 0 Å². The molecule has 0 bridgehead atoms. The van der Waals surface area contributed by atoms with Gasteiger partial charge in [0.2, 0.25) is 12.3 Å². The molecule has 5 N–H and O–H groups in total. The first kappa shape index (κ1) is 23.6. The van der Waals surface area contributed by atoms with Crippen molar-refractivity contribution in [2.75, 3.05) is 0 Å². The third-order valence-electron chi connectivity index (χ3n) is 0. The minimum absolute atomic E-state index is 0. The van der Waals surface area contributed by atoms with Gasteiger partial charge < -0.3 is 44.7 Å². The predicted molar refractivity (Wildman–Crippen MR) is 36.1 cm³/mol. The normalized spacial score (nSPS) is 7.64.